The molecule has 21 heavy (non-hydrogen) atoms. The van der Waals surface area contributed by atoms with E-state index < -0.39 is 9.84 Å². The molecule has 1 saturated heterocycles. The Balaban J connectivity index is 1.63. The van der Waals surface area contributed by atoms with Gasteiger partial charge in [0.05, 0.1) is 11.5 Å². The van der Waals surface area contributed by atoms with Crippen LogP contribution in [0.15, 0.2) is 22.7 Å². The molecule has 2 aliphatic rings. The number of hydrogen-bond donors (Lipinski definition) is 1. The molecule has 0 spiro atoms. The van der Waals surface area contributed by atoms with Crippen molar-refractivity contribution >= 4 is 15.5 Å². The lowest BCUT2D eigenvalue weighted by Crippen LogP contribution is -2.05. The fraction of sp³-hybridized carbons (Fsp3) is 0.429. The second kappa shape index (κ2) is 4.56. The Morgan fingerprint density at radius 3 is 3.05 bits per heavy atom. The fourth-order valence-electron chi connectivity index (χ4n) is 2.94. The molecule has 0 amide bonds. The molecule has 2 aliphatic heterocycles. The molecule has 0 bridgehead atoms. The zero-order valence-corrected chi connectivity index (χ0v) is 12.2. The lowest BCUT2D eigenvalue weighted by Gasteiger charge is -2.01. The number of rotatable bonds is 2. The molecule has 0 saturated carbocycles. The first kappa shape index (κ1) is 12.8. The molecular formula is C14H15N3O3S. The third-order valence-electron chi connectivity index (χ3n) is 4.11. The monoisotopic (exact) mass is 305 g/mol. The number of anilines is 1. The zero-order chi connectivity index (χ0) is 14.4. The van der Waals surface area contributed by atoms with Gasteiger partial charge < -0.3 is 9.84 Å². The minimum atomic E-state index is -2.94. The first-order chi connectivity index (χ1) is 10.1. The molecule has 1 aromatic carbocycles. The maximum Gasteiger partial charge on any atom is 0.258 e. The van der Waals surface area contributed by atoms with Crippen LogP contribution in [-0.4, -0.2) is 36.6 Å². The molecule has 2 aromatic rings. The maximum absolute atomic E-state index is 11.5. The van der Waals surface area contributed by atoms with Crippen LogP contribution in [0.1, 0.15) is 23.7 Å². The van der Waals surface area contributed by atoms with E-state index in [-0.39, 0.29) is 17.4 Å². The van der Waals surface area contributed by atoms with Crippen LogP contribution in [0.4, 0.5) is 5.69 Å². The number of nitrogens with one attached hydrogen (secondary N) is 1. The number of hydrogen-bond acceptors (Lipinski definition) is 6. The molecule has 7 heteroatoms. The third-order valence-corrected chi connectivity index (χ3v) is 5.87. The molecule has 1 unspecified atom stereocenters. The summed E-state index contributed by atoms with van der Waals surface area (Å²) < 4.78 is 28.4. The van der Waals surface area contributed by atoms with Crippen molar-refractivity contribution in [1.29, 1.82) is 0 Å². The highest BCUT2D eigenvalue weighted by atomic mass is 32.2. The van der Waals surface area contributed by atoms with E-state index in [4.69, 9.17) is 4.52 Å². The number of sulfone groups is 1. The van der Waals surface area contributed by atoms with E-state index in [2.05, 4.69) is 21.5 Å². The Morgan fingerprint density at radius 2 is 2.24 bits per heavy atom. The predicted octanol–water partition coefficient (Wildman–Crippen LogP) is 1.61. The van der Waals surface area contributed by atoms with Crippen molar-refractivity contribution in [1.82, 2.24) is 10.1 Å². The van der Waals surface area contributed by atoms with Gasteiger partial charge >= 0.3 is 0 Å². The topological polar surface area (TPSA) is 85.1 Å². The maximum atomic E-state index is 11.5. The molecule has 1 N–H and O–H groups in total. The van der Waals surface area contributed by atoms with E-state index in [1.165, 1.54) is 5.56 Å². The summed E-state index contributed by atoms with van der Waals surface area (Å²) in [6.07, 6.45) is 1.61. The Bertz CT molecular complexity index is 798. The number of nitrogens with zero attached hydrogens (tertiary/aromatic N) is 2. The molecule has 1 fully saturated rings. The standard InChI is InChI=1S/C14H15N3O3S/c18-21(19)6-4-11(8-21)13-16-14(20-17-13)10-2-1-9-3-5-15-12(9)7-10/h1-2,7,11,15H,3-6,8H2. The average molecular weight is 305 g/mol. The largest absolute Gasteiger partial charge is 0.384 e. The molecule has 1 aromatic heterocycles. The first-order valence-electron chi connectivity index (χ1n) is 7.02. The molecule has 1 atom stereocenters. The fourth-order valence-corrected chi connectivity index (χ4v) is 4.68. The molecule has 4 rings (SSSR count). The van der Waals surface area contributed by atoms with Crippen LogP contribution in [0.5, 0.6) is 0 Å². The summed E-state index contributed by atoms with van der Waals surface area (Å²) in [7, 11) is -2.94. The summed E-state index contributed by atoms with van der Waals surface area (Å²) in [4.78, 5) is 4.38. The van der Waals surface area contributed by atoms with Crippen molar-refractivity contribution in [3.63, 3.8) is 0 Å². The second-order valence-electron chi connectivity index (χ2n) is 5.61. The van der Waals surface area contributed by atoms with Crippen LogP contribution in [0.25, 0.3) is 11.5 Å². The highest BCUT2D eigenvalue weighted by Crippen LogP contribution is 2.31. The Labute approximate surface area is 122 Å². The van der Waals surface area contributed by atoms with Crippen molar-refractivity contribution in [3.8, 4) is 11.5 Å². The molecule has 0 aliphatic carbocycles. The average Bonchev–Trinajstić information content (AvgIpc) is 3.15. The first-order valence-corrected chi connectivity index (χ1v) is 8.84. The molecule has 0 radical (unpaired) electrons. The quantitative estimate of drug-likeness (QED) is 0.907. The lowest BCUT2D eigenvalue weighted by atomic mass is 10.1. The number of fused-ring (bicyclic) bond motifs is 1. The van der Waals surface area contributed by atoms with E-state index in [0.29, 0.717) is 18.1 Å². The zero-order valence-electron chi connectivity index (χ0n) is 11.4. The van der Waals surface area contributed by atoms with Crippen molar-refractivity contribution in [2.75, 3.05) is 23.4 Å². The van der Waals surface area contributed by atoms with Gasteiger partial charge in [0.15, 0.2) is 15.7 Å². The molecule has 6 nitrogen and oxygen atoms in total. The van der Waals surface area contributed by atoms with Crippen LogP contribution in [0.3, 0.4) is 0 Å². The Hall–Kier alpha value is -1.89. The smallest absolute Gasteiger partial charge is 0.258 e. The summed E-state index contributed by atoms with van der Waals surface area (Å²) in [5.41, 5.74) is 3.26. The minimum Gasteiger partial charge on any atom is -0.384 e. The van der Waals surface area contributed by atoms with Crippen molar-refractivity contribution in [3.05, 3.63) is 29.6 Å². The summed E-state index contributed by atoms with van der Waals surface area (Å²) in [6.45, 7) is 0.952. The summed E-state index contributed by atoms with van der Waals surface area (Å²) in [5.74, 6) is 1.15. The van der Waals surface area contributed by atoms with Gasteiger partial charge in [0.2, 0.25) is 0 Å². The normalized spacial score (nSPS) is 23.0. The summed E-state index contributed by atoms with van der Waals surface area (Å²) >= 11 is 0. The van der Waals surface area contributed by atoms with Gasteiger partial charge in [-0.2, -0.15) is 4.98 Å². The number of benzene rings is 1. The Morgan fingerprint density at radius 1 is 1.33 bits per heavy atom. The summed E-state index contributed by atoms with van der Waals surface area (Å²) in [6, 6.07) is 6.04. The van der Waals surface area contributed by atoms with Crippen LogP contribution in [0, 0.1) is 0 Å². The van der Waals surface area contributed by atoms with Gasteiger partial charge in [-0.3, -0.25) is 0 Å². The van der Waals surface area contributed by atoms with E-state index in [9.17, 15) is 8.42 Å². The van der Waals surface area contributed by atoms with Crippen molar-refractivity contribution in [2.24, 2.45) is 0 Å². The number of aromatic nitrogens is 2. The molecular weight excluding hydrogens is 290 g/mol. The van der Waals surface area contributed by atoms with Crippen molar-refractivity contribution in [2.45, 2.75) is 18.8 Å². The second-order valence-corrected chi connectivity index (χ2v) is 7.84. The highest BCUT2D eigenvalue weighted by molar-refractivity contribution is 7.91. The van der Waals surface area contributed by atoms with Crippen LogP contribution >= 0.6 is 0 Å². The Kier molecular flexibility index (Phi) is 2.78. The van der Waals surface area contributed by atoms with Gasteiger partial charge in [-0.25, -0.2) is 8.42 Å². The van der Waals surface area contributed by atoms with Crippen LogP contribution < -0.4 is 5.32 Å². The van der Waals surface area contributed by atoms with Crippen LogP contribution in [-0.2, 0) is 16.3 Å². The van der Waals surface area contributed by atoms with Crippen molar-refractivity contribution < 1.29 is 12.9 Å². The predicted molar refractivity (Wildman–Crippen MR) is 77.9 cm³/mol. The van der Waals surface area contributed by atoms with E-state index in [1.54, 1.807) is 0 Å². The van der Waals surface area contributed by atoms with Gasteiger partial charge in [0, 0.05) is 23.7 Å². The third kappa shape index (κ3) is 2.31. The summed E-state index contributed by atoms with van der Waals surface area (Å²) in [5, 5.41) is 7.28. The van der Waals surface area contributed by atoms with E-state index in [0.717, 1.165) is 24.2 Å². The molecule has 110 valence electrons. The van der Waals surface area contributed by atoms with Gasteiger partial charge in [0.1, 0.15) is 0 Å². The van der Waals surface area contributed by atoms with Crippen LogP contribution in [0.2, 0.25) is 0 Å². The SMILES string of the molecule is O=S1(=O)CCC(c2noc(-c3ccc4c(c3)NCC4)n2)C1. The van der Waals surface area contributed by atoms with Gasteiger partial charge in [-0.15, -0.1) is 0 Å². The van der Waals surface area contributed by atoms with E-state index >= 15 is 0 Å². The van der Waals surface area contributed by atoms with Gasteiger partial charge in [0.25, 0.3) is 5.89 Å². The van der Waals surface area contributed by atoms with E-state index in [1.807, 2.05) is 12.1 Å². The minimum absolute atomic E-state index is 0.123. The highest BCUT2D eigenvalue weighted by Gasteiger charge is 2.32. The van der Waals surface area contributed by atoms with Gasteiger partial charge in [-0.1, -0.05) is 11.2 Å². The molecule has 3 heterocycles. The van der Waals surface area contributed by atoms with Gasteiger partial charge in [-0.05, 0) is 30.5 Å². The lowest BCUT2D eigenvalue weighted by molar-refractivity contribution is 0.418.